The van der Waals surface area contributed by atoms with Gasteiger partial charge < -0.3 is 29.2 Å². The largest absolute Gasteiger partial charge is 0.507 e. The summed E-state index contributed by atoms with van der Waals surface area (Å²) in [6, 6.07) is 7.71. The van der Waals surface area contributed by atoms with Crippen LogP contribution in [0, 0.1) is 0 Å². The quantitative estimate of drug-likeness (QED) is 0.231. The zero-order valence-corrected chi connectivity index (χ0v) is 22.6. The Morgan fingerprint density at radius 2 is 1.62 bits per heavy atom. The van der Waals surface area contributed by atoms with Gasteiger partial charge in [0.15, 0.2) is 11.2 Å². The SMILES string of the molecule is CCCCc1c(OCC(O)COc2ccc3c(=O)cc(CCC(=O)O)oc3c2CCC)ccc(C(C)=O)c1O. The highest BCUT2D eigenvalue weighted by molar-refractivity contribution is 5.97. The van der Waals surface area contributed by atoms with Crippen molar-refractivity contribution in [3.05, 3.63) is 63.0 Å². The molecule has 3 rings (SSSR count). The standard InChI is InChI=1S/C30H36O9/c1-4-6-8-23-26(12-10-21(18(3)31)29(23)36)37-16-19(32)17-38-27-13-11-22-25(33)15-20(9-14-28(34)35)39-30(22)24(27)7-5-2/h10-13,15,19,32,36H,4-9,14,16-17H2,1-3H3,(H,34,35). The van der Waals surface area contributed by atoms with Crippen molar-refractivity contribution in [2.24, 2.45) is 0 Å². The van der Waals surface area contributed by atoms with Crippen LogP contribution in [0.3, 0.4) is 0 Å². The van der Waals surface area contributed by atoms with Gasteiger partial charge in [-0.1, -0.05) is 26.7 Å². The van der Waals surface area contributed by atoms with Crippen LogP contribution < -0.4 is 14.9 Å². The molecule has 0 radical (unpaired) electrons. The average molecular weight is 541 g/mol. The van der Waals surface area contributed by atoms with Gasteiger partial charge in [0, 0.05) is 23.6 Å². The predicted molar refractivity (Wildman–Crippen MR) is 146 cm³/mol. The molecule has 9 nitrogen and oxygen atoms in total. The minimum Gasteiger partial charge on any atom is -0.507 e. The first-order valence-electron chi connectivity index (χ1n) is 13.3. The Kier molecular flexibility index (Phi) is 10.5. The Morgan fingerprint density at radius 3 is 2.23 bits per heavy atom. The van der Waals surface area contributed by atoms with Gasteiger partial charge in [0.2, 0.25) is 0 Å². The number of rotatable bonds is 15. The van der Waals surface area contributed by atoms with E-state index < -0.39 is 12.1 Å². The molecule has 3 N–H and O–H groups in total. The first-order valence-corrected chi connectivity index (χ1v) is 13.3. The van der Waals surface area contributed by atoms with E-state index in [9.17, 15) is 24.6 Å². The molecule has 0 saturated carbocycles. The van der Waals surface area contributed by atoms with Crippen molar-refractivity contribution in [3.63, 3.8) is 0 Å². The number of aliphatic carboxylic acids is 1. The molecule has 0 aliphatic carbocycles. The molecule has 0 aliphatic rings. The van der Waals surface area contributed by atoms with Crippen molar-refractivity contribution in [2.75, 3.05) is 13.2 Å². The number of carboxylic acid groups (broad SMARTS) is 1. The second-order valence-electron chi connectivity index (χ2n) is 9.51. The molecule has 1 atom stereocenters. The number of carbonyl (C=O) groups excluding carboxylic acids is 1. The van der Waals surface area contributed by atoms with E-state index in [1.54, 1.807) is 18.2 Å². The van der Waals surface area contributed by atoms with Crippen molar-refractivity contribution in [3.8, 4) is 17.2 Å². The number of aromatic hydroxyl groups is 1. The van der Waals surface area contributed by atoms with Crippen LogP contribution >= 0.6 is 0 Å². The van der Waals surface area contributed by atoms with Gasteiger partial charge in [0.1, 0.15) is 47.9 Å². The Balaban J connectivity index is 1.77. The molecular formula is C30H36O9. The van der Waals surface area contributed by atoms with E-state index in [0.717, 1.165) is 19.3 Å². The number of carboxylic acids is 1. The number of hydrogen-bond donors (Lipinski definition) is 3. The molecule has 0 saturated heterocycles. The van der Waals surface area contributed by atoms with Crippen molar-refractivity contribution in [1.82, 2.24) is 0 Å². The van der Waals surface area contributed by atoms with Gasteiger partial charge >= 0.3 is 5.97 Å². The first-order chi connectivity index (χ1) is 18.7. The second kappa shape index (κ2) is 13.8. The molecule has 39 heavy (non-hydrogen) atoms. The number of ether oxygens (including phenoxy) is 2. The van der Waals surface area contributed by atoms with Crippen molar-refractivity contribution >= 4 is 22.7 Å². The molecule has 0 amide bonds. The lowest BCUT2D eigenvalue weighted by Gasteiger charge is -2.19. The van der Waals surface area contributed by atoms with Gasteiger partial charge in [-0.15, -0.1) is 0 Å². The fraction of sp³-hybridized carbons (Fsp3) is 0.433. The number of phenols is 1. The van der Waals surface area contributed by atoms with Crippen LogP contribution in [0.15, 0.2) is 39.5 Å². The average Bonchev–Trinajstić information content (AvgIpc) is 2.89. The Bertz CT molecular complexity index is 1370. The maximum atomic E-state index is 12.6. The number of carbonyl (C=O) groups is 2. The third kappa shape index (κ3) is 7.60. The normalized spacial score (nSPS) is 11.9. The fourth-order valence-corrected chi connectivity index (χ4v) is 4.33. The Labute approximate surface area is 227 Å². The van der Waals surface area contributed by atoms with E-state index in [1.165, 1.54) is 19.1 Å². The lowest BCUT2D eigenvalue weighted by atomic mass is 10.0. The van der Waals surface area contributed by atoms with Crippen LogP contribution in [0.25, 0.3) is 11.0 Å². The third-order valence-electron chi connectivity index (χ3n) is 6.36. The van der Waals surface area contributed by atoms with Crippen molar-refractivity contribution < 1.29 is 38.8 Å². The van der Waals surface area contributed by atoms with Crippen LogP contribution in [0.1, 0.15) is 73.7 Å². The minimum atomic E-state index is -1.02. The maximum Gasteiger partial charge on any atom is 0.303 e. The third-order valence-corrected chi connectivity index (χ3v) is 6.36. The van der Waals surface area contributed by atoms with Gasteiger partial charge in [0.05, 0.1) is 17.4 Å². The van der Waals surface area contributed by atoms with E-state index in [0.29, 0.717) is 46.4 Å². The summed E-state index contributed by atoms with van der Waals surface area (Å²) in [5.74, 6) is -0.178. The number of unbranched alkanes of at least 4 members (excludes halogenated alkanes) is 1. The van der Waals surface area contributed by atoms with Gasteiger partial charge in [-0.2, -0.15) is 0 Å². The molecule has 210 valence electrons. The summed E-state index contributed by atoms with van der Waals surface area (Å²) in [7, 11) is 0. The number of hydrogen-bond acceptors (Lipinski definition) is 8. The molecule has 0 aliphatic heterocycles. The predicted octanol–water partition coefficient (Wildman–Crippen LogP) is 4.83. The summed E-state index contributed by atoms with van der Waals surface area (Å²) in [5.41, 5.74) is 1.53. The van der Waals surface area contributed by atoms with E-state index in [-0.39, 0.29) is 54.3 Å². The maximum absolute atomic E-state index is 12.6. The lowest BCUT2D eigenvalue weighted by molar-refractivity contribution is -0.137. The van der Waals surface area contributed by atoms with Crippen LogP contribution in [-0.4, -0.2) is 46.4 Å². The smallest absolute Gasteiger partial charge is 0.303 e. The Morgan fingerprint density at radius 1 is 0.949 bits per heavy atom. The van der Waals surface area contributed by atoms with Gasteiger partial charge in [0.25, 0.3) is 0 Å². The molecule has 2 aromatic carbocycles. The first kappa shape index (κ1) is 29.7. The molecular weight excluding hydrogens is 504 g/mol. The number of phenolic OH excluding ortho intramolecular Hbond substituents is 1. The van der Waals surface area contributed by atoms with E-state index >= 15 is 0 Å². The van der Waals surface area contributed by atoms with Crippen LogP contribution in [0.5, 0.6) is 17.2 Å². The topological polar surface area (TPSA) is 144 Å². The van der Waals surface area contributed by atoms with Gasteiger partial charge in [-0.25, -0.2) is 0 Å². The summed E-state index contributed by atoms with van der Waals surface area (Å²) in [6.07, 6.45) is 2.43. The summed E-state index contributed by atoms with van der Waals surface area (Å²) >= 11 is 0. The fourth-order valence-electron chi connectivity index (χ4n) is 4.33. The van der Waals surface area contributed by atoms with E-state index in [2.05, 4.69) is 0 Å². The molecule has 0 spiro atoms. The van der Waals surface area contributed by atoms with Crippen molar-refractivity contribution in [2.45, 2.75) is 71.8 Å². The summed E-state index contributed by atoms with van der Waals surface area (Å²) in [6.45, 7) is 5.17. The molecule has 3 aromatic rings. The summed E-state index contributed by atoms with van der Waals surface area (Å²) in [5, 5.41) is 30.6. The second-order valence-corrected chi connectivity index (χ2v) is 9.51. The zero-order valence-electron chi connectivity index (χ0n) is 22.6. The summed E-state index contributed by atoms with van der Waals surface area (Å²) in [4.78, 5) is 35.4. The number of aliphatic hydroxyl groups excluding tert-OH is 1. The number of benzene rings is 2. The van der Waals surface area contributed by atoms with Gasteiger partial charge in [-0.3, -0.25) is 14.4 Å². The van der Waals surface area contributed by atoms with E-state index in [4.69, 9.17) is 19.0 Å². The van der Waals surface area contributed by atoms with E-state index in [1.807, 2.05) is 13.8 Å². The monoisotopic (exact) mass is 540 g/mol. The Hall–Kier alpha value is -3.85. The molecule has 0 fully saturated rings. The molecule has 0 bridgehead atoms. The summed E-state index contributed by atoms with van der Waals surface area (Å²) < 4.78 is 17.7. The van der Waals surface area contributed by atoms with Crippen LogP contribution in [0.4, 0.5) is 0 Å². The molecule has 1 aromatic heterocycles. The number of ketones is 1. The number of fused-ring (bicyclic) bond motifs is 1. The van der Waals surface area contributed by atoms with Crippen molar-refractivity contribution in [1.29, 1.82) is 0 Å². The van der Waals surface area contributed by atoms with Gasteiger partial charge in [-0.05, 0) is 50.5 Å². The highest BCUT2D eigenvalue weighted by atomic mass is 16.5. The van der Waals surface area contributed by atoms with Crippen LogP contribution in [-0.2, 0) is 24.1 Å². The number of aliphatic hydroxyl groups is 1. The molecule has 9 heteroatoms. The lowest BCUT2D eigenvalue weighted by Crippen LogP contribution is -2.25. The minimum absolute atomic E-state index is 0.0937. The number of Topliss-reactive ketones (excluding diaryl/α,β-unsaturated/α-hetero) is 1. The molecule has 1 unspecified atom stereocenters. The van der Waals surface area contributed by atoms with Crippen LogP contribution in [0.2, 0.25) is 0 Å². The number of aryl methyl sites for hydroxylation is 2. The molecule has 1 heterocycles. The highest BCUT2D eigenvalue weighted by Gasteiger charge is 2.19. The zero-order chi connectivity index (χ0) is 28.5. The highest BCUT2D eigenvalue weighted by Crippen LogP contribution is 2.34.